The number of carboxylic acid groups (broad SMARTS) is 1. The Morgan fingerprint density at radius 2 is 1.57 bits per heavy atom. The molecule has 0 bridgehead atoms. The highest BCUT2D eigenvalue weighted by Crippen LogP contribution is 2.10. The first-order chi connectivity index (χ1) is 11.1. The zero-order valence-electron chi connectivity index (χ0n) is 12.7. The molecule has 2 N–H and O–H groups in total. The van der Waals surface area contributed by atoms with Crippen molar-refractivity contribution in [3.05, 3.63) is 77.4 Å². The Hall–Kier alpha value is -2.88. The molecule has 118 valence electrons. The van der Waals surface area contributed by atoms with Crippen molar-refractivity contribution in [2.75, 3.05) is 6.54 Å². The fourth-order valence-corrected chi connectivity index (χ4v) is 2.17. The van der Waals surface area contributed by atoms with Crippen molar-refractivity contribution in [3.63, 3.8) is 0 Å². The molecule has 0 unspecified atom stereocenters. The molecule has 0 saturated heterocycles. The van der Waals surface area contributed by atoms with Crippen molar-refractivity contribution in [2.24, 2.45) is 0 Å². The van der Waals surface area contributed by atoms with Crippen LogP contribution < -0.4 is 5.32 Å². The standard InChI is InChI=1S/C19H19NO3/c21-18(20-12-11-15-7-3-1-4-8-15)14-17(19(22)23)13-16-9-5-2-6-10-16/h1-10,13H,11-12,14H2,(H,20,21)(H,22,23)/b17-13+. The van der Waals surface area contributed by atoms with Crippen molar-refractivity contribution in [2.45, 2.75) is 12.8 Å². The zero-order chi connectivity index (χ0) is 16.5. The topological polar surface area (TPSA) is 66.4 Å². The molecule has 2 aromatic rings. The molecule has 0 saturated carbocycles. The van der Waals surface area contributed by atoms with Gasteiger partial charge >= 0.3 is 5.97 Å². The number of rotatable bonds is 7. The van der Waals surface area contributed by atoms with E-state index < -0.39 is 5.97 Å². The van der Waals surface area contributed by atoms with E-state index in [9.17, 15) is 14.7 Å². The van der Waals surface area contributed by atoms with Crippen molar-refractivity contribution in [1.82, 2.24) is 5.32 Å². The van der Waals surface area contributed by atoms with Crippen LogP contribution in [0, 0.1) is 0 Å². The maximum absolute atomic E-state index is 11.9. The molecule has 0 atom stereocenters. The molecule has 0 aromatic heterocycles. The predicted octanol–water partition coefficient (Wildman–Crippen LogP) is 2.90. The Bertz CT molecular complexity index is 678. The lowest BCUT2D eigenvalue weighted by molar-refractivity contribution is -0.134. The first-order valence-corrected chi connectivity index (χ1v) is 7.44. The molecular formula is C19H19NO3. The van der Waals surface area contributed by atoms with Gasteiger partial charge in [0.15, 0.2) is 0 Å². The normalized spacial score (nSPS) is 11.0. The summed E-state index contributed by atoms with van der Waals surface area (Å²) in [6.07, 6.45) is 2.11. The lowest BCUT2D eigenvalue weighted by Crippen LogP contribution is -2.26. The minimum atomic E-state index is -1.08. The summed E-state index contributed by atoms with van der Waals surface area (Å²) >= 11 is 0. The second-order valence-corrected chi connectivity index (χ2v) is 5.15. The molecule has 0 aliphatic heterocycles. The predicted molar refractivity (Wildman–Crippen MR) is 89.8 cm³/mol. The van der Waals surface area contributed by atoms with Gasteiger partial charge in [0.2, 0.25) is 5.91 Å². The number of carbonyl (C=O) groups is 2. The van der Waals surface area contributed by atoms with Crippen molar-refractivity contribution in [1.29, 1.82) is 0 Å². The van der Waals surface area contributed by atoms with Gasteiger partial charge in [0, 0.05) is 12.1 Å². The lowest BCUT2D eigenvalue weighted by atomic mass is 10.1. The number of amides is 1. The highest BCUT2D eigenvalue weighted by Gasteiger charge is 2.12. The van der Waals surface area contributed by atoms with Crippen LogP contribution in [0.5, 0.6) is 0 Å². The number of benzene rings is 2. The van der Waals surface area contributed by atoms with Gasteiger partial charge in [-0.2, -0.15) is 0 Å². The molecule has 0 aliphatic carbocycles. The van der Waals surface area contributed by atoms with E-state index in [0.29, 0.717) is 6.54 Å². The van der Waals surface area contributed by atoms with Crippen LogP contribution in [0.4, 0.5) is 0 Å². The maximum atomic E-state index is 11.9. The van der Waals surface area contributed by atoms with Crippen LogP contribution in [0.3, 0.4) is 0 Å². The molecule has 2 rings (SSSR count). The Balaban J connectivity index is 1.89. The van der Waals surface area contributed by atoms with E-state index in [1.54, 1.807) is 12.1 Å². The monoisotopic (exact) mass is 309 g/mol. The van der Waals surface area contributed by atoms with E-state index >= 15 is 0 Å². The number of carboxylic acids is 1. The van der Waals surface area contributed by atoms with E-state index in [0.717, 1.165) is 17.5 Å². The van der Waals surface area contributed by atoms with E-state index in [2.05, 4.69) is 5.32 Å². The Morgan fingerprint density at radius 1 is 0.957 bits per heavy atom. The van der Waals surface area contributed by atoms with Gasteiger partial charge in [-0.25, -0.2) is 4.79 Å². The van der Waals surface area contributed by atoms with Gasteiger partial charge in [0.05, 0.1) is 6.42 Å². The Labute approximate surface area is 135 Å². The highest BCUT2D eigenvalue weighted by atomic mass is 16.4. The van der Waals surface area contributed by atoms with E-state index in [-0.39, 0.29) is 17.9 Å². The fourth-order valence-electron chi connectivity index (χ4n) is 2.17. The molecule has 23 heavy (non-hydrogen) atoms. The summed E-state index contributed by atoms with van der Waals surface area (Å²) in [5, 5.41) is 12.0. The van der Waals surface area contributed by atoms with Gasteiger partial charge in [-0.3, -0.25) is 4.79 Å². The summed E-state index contributed by atoms with van der Waals surface area (Å²) in [6, 6.07) is 18.9. The van der Waals surface area contributed by atoms with E-state index in [1.165, 1.54) is 6.08 Å². The second kappa shape index (κ2) is 8.54. The van der Waals surface area contributed by atoms with Gasteiger partial charge in [0.25, 0.3) is 0 Å². The summed E-state index contributed by atoms with van der Waals surface area (Å²) in [6.45, 7) is 0.487. The van der Waals surface area contributed by atoms with Crippen molar-refractivity contribution in [3.8, 4) is 0 Å². The minimum Gasteiger partial charge on any atom is -0.478 e. The van der Waals surface area contributed by atoms with Crippen LogP contribution in [0.2, 0.25) is 0 Å². The Kier molecular flexibility index (Phi) is 6.12. The van der Waals surface area contributed by atoms with Gasteiger partial charge in [-0.1, -0.05) is 60.7 Å². The smallest absolute Gasteiger partial charge is 0.332 e. The molecule has 2 aromatic carbocycles. The minimum absolute atomic E-state index is 0.0772. The molecule has 4 nitrogen and oxygen atoms in total. The molecule has 0 aliphatic rings. The SMILES string of the molecule is O=C(C/C(=C\c1ccccc1)C(=O)O)NCCc1ccccc1. The van der Waals surface area contributed by atoms with Crippen LogP contribution in [0.1, 0.15) is 17.5 Å². The summed E-state index contributed by atoms with van der Waals surface area (Å²) in [7, 11) is 0. The van der Waals surface area contributed by atoms with Crippen molar-refractivity contribution < 1.29 is 14.7 Å². The van der Waals surface area contributed by atoms with E-state index in [4.69, 9.17) is 0 Å². The van der Waals surface area contributed by atoms with Crippen LogP contribution in [-0.2, 0) is 16.0 Å². The molecule has 0 fully saturated rings. The first-order valence-electron chi connectivity index (χ1n) is 7.44. The molecule has 0 heterocycles. The second-order valence-electron chi connectivity index (χ2n) is 5.15. The van der Waals surface area contributed by atoms with E-state index in [1.807, 2.05) is 48.5 Å². The quantitative estimate of drug-likeness (QED) is 0.773. The lowest BCUT2D eigenvalue weighted by Gasteiger charge is -2.06. The third-order valence-electron chi connectivity index (χ3n) is 3.34. The van der Waals surface area contributed by atoms with Crippen LogP contribution in [0.25, 0.3) is 6.08 Å². The van der Waals surface area contributed by atoms with Crippen LogP contribution >= 0.6 is 0 Å². The molecular weight excluding hydrogens is 290 g/mol. The number of nitrogens with one attached hydrogen (secondary N) is 1. The number of hydrogen-bond donors (Lipinski definition) is 2. The Morgan fingerprint density at radius 3 is 2.17 bits per heavy atom. The number of hydrogen-bond acceptors (Lipinski definition) is 2. The number of aliphatic carboxylic acids is 1. The third-order valence-corrected chi connectivity index (χ3v) is 3.34. The van der Waals surface area contributed by atoms with Crippen molar-refractivity contribution >= 4 is 18.0 Å². The zero-order valence-corrected chi connectivity index (χ0v) is 12.7. The summed E-state index contributed by atoms with van der Waals surface area (Å²) in [5.41, 5.74) is 1.97. The molecule has 0 radical (unpaired) electrons. The molecule has 1 amide bonds. The van der Waals surface area contributed by atoms with Gasteiger partial charge in [0.1, 0.15) is 0 Å². The number of carbonyl (C=O) groups excluding carboxylic acids is 1. The van der Waals surface area contributed by atoms with Gasteiger partial charge in [-0.15, -0.1) is 0 Å². The summed E-state index contributed by atoms with van der Waals surface area (Å²) in [4.78, 5) is 23.2. The summed E-state index contributed by atoms with van der Waals surface area (Å²) in [5.74, 6) is -1.36. The summed E-state index contributed by atoms with van der Waals surface area (Å²) < 4.78 is 0. The van der Waals surface area contributed by atoms with Crippen LogP contribution in [-0.4, -0.2) is 23.5 Å². The highest BCUT2D eigenvalue weighted by molar-refractivity contribution is 5.98. The third kappa shape index (κ3) is 5.79. The molecule has 0 spiro atoms. The first kappa shape index (κ1) is 16.5. The fraction of sp³-hybridized carbons (Fsp3) is 0.158. The largest absolute Gasteiger partial charge is 0.478 e. The molecule has 4 heteroatoms. The van der Waals surface area contributed by atoms with Gasteiger partial charge in [-0.05, 0) is 23.6 Å². The van der Waals surface area contributed by atoms with Gasteiger partial charge < -0.3 is 10.4 Å². The van der Waals surface area contributed by atoms with Crippen LogP contribution in [0.15, 0.2) is 66.2 Å². The maximum Gasteiger partial charge on any atom is 0.332 e. The average molecular weight is 309 g/mol. The average Bonchev–Trinajstić information content (AvgIpc) is 2.56.